The standard InChI is InChI=1S/C12H17FN2O3S/c1-2-3-8-18-9-7-15-19(16,17)12-10(13)5-4-6-11(12)14/h2,4-6,15H,1,3,7-9,14H2. The molecule has 1 aromatic carbocycles. The minimum Gasteiger partial charge on any atom is -0.398 e. The molecule has 0 fully saturated rings. The van der Waals surface area contributed by atoms with Crippen LogP contribution in [0.4, 0.5) is 10.1 Å². The molecular formula is C12H17FN2O3S. The lowest BCUT2D eigenvalue weighted by Gasteiger charge is -2.10. The lowest BCUT2D eigenvalue weighted by atomic mass is 10.3. The van der Waals surface area contributed by atoms with E-state index in [-0.39, 0.29) is 18.8 Å². The van der Waals surface area contributed by atoms with E-state index >= 15 is 0 Å². The van der Waals surface area contributed by atoms with Gasteiger partial charge in [0.25, 0.3) is 0 Å². The van der Waals surface area contributed by atoms with Gasteiger partial charge in [-0.25, -0.2) is 17.5 Å². The maximum atomic E-state index is 13.5. The molecule has 0 aliphatic rings. The molecule has 0 aliphatic carbocycles. The molecular weight excluding hydrogens is 271 g/mol. The molecule has 0 atom stereocenters. The van der Waals surface area contributed by atoms with E-state index < -0.39 is 20.7 Å². The highest BCUT2D eigenvalue weighted by molar-refractivity contribution is 7.89. The van der Waals surface area contributed by atoms with E-state index in [0.29, 0.717) is 13.0 Å². The fourth-order valence-corrected chi connectivity index (χ4v) is 2.60. The van der Waals surface area contributed by atoms with Gasteiger partial charge in [0.2, 0.25) is 10.0 Å². The van der Waals surface area contributed by atoms with Gasteiger partial charge in [-0.05, 0) is 18.6 Å². The van der Waals surface area contributed by atoms with Crippen molar-refractivity contribution in [3.05, 3.63) is 36.7 Å². The molecule has 0 saturated carbocycles. The van der Waals surface area contributed by atoms with E-state index in [2.05, 4.69) is 11.3 Å². The summed E-state index contributed by atoms with van der Waals surface area (Å²) < 4.78 is 44.6. The Morgan fingerprint density at radius 3 is 2.79 bits per heavy atom. The van der Waals surface area contributed by atoms with Crippen LogP contribution < -0.4 is 10.5 Å². The van der Waals surface area contributed by atoms with E-state index in [4.69, 9.17) is 10.5 Å². The first-order valence-electron chi connectivity index (χ1n) is 5.71. The van der Waals surface area contributed by atoms with Crippen LogP contribution in [-0.4, -0.2) is 28.2 Å². The normalized spacial score (nSPS) is 11.4. The van der Waals surface area contributed by atoms with Gasteiger partial charge in [-0.1, -0.05) is 12.1 Å². The fraction of sp³-hybridized carbons (Fsp3) is 0.333. The summed E-state index contributed by atoms with van der Waals surface area (Å²) in [6, 6.07) is 3.73. The number of nitrogens with two attached hydrogens (primary N) is 1. The van der Waals surface area contributed by atoms with Gasteiger partial charge < -0.3 is 10.5 Å². The fourth-order valence-electron chi connectivity index (χ4n) is 1.40. The molecule has 0 bridgehead atoms. The zero-order valence-electron chi connectivity index (χ0n) is 10.4. The Hall–Kier alpha value is -1.44. The summed E-state index contributed by atoms with van der Waals surface area (Å²) in [6.45, 7) is 4.24. The molecule has 1 aromatic rings. The van der Waals surface area contributed by atoms with Crippen LogP contribution in [0.25, 0.3) is 0 Å². The van der Waals surface area contributed by atoms with E-state index in [1.807, 2.05) is 0 Å². The van der Waals surface area contributed by atoms with Gasteiger partial charge in [-0.15, -0.1) is 6.58 Å². The van der Waals surface area contributed by atoms with E-state index in [1.165, 1.54) is 12.1 Å². The molecule has 0 radical (unpaired) electrons. The SMILES string of the molecule is C=CCCOCCNS(=O)(=O)c1c(N)cccc1F. The molecule has 5 nitrogen and oxygen atoms in total. The number of ether oxygens (including phenoxy) is 1. The van der Waals surface area contributed by atoms with Crippen LogP contribution in [-0.2, 0) is 14.8 Å². The second-order valence-electron chi connectivity index (χ2n) is 3.75. The number of rotatable bonds is 8. The number of halogens is 1. The molecule has 0 aliphatic heterocycles. The first-order chi connectivity index (χ1) is 8.99. The van der Waals surface area contributed by atoms with Crippen LogP contribution in [0, 0.1) is 5.82 Å². The van der Waals surface area contributed by atoms with E-state index in [1.54, 1.807) is 6.08 Å². The average Bonchev–Trinajstić information content (AvgIpc) is 2.33. The summed E-state index contributed by atoms with van der Waals surface area (Å²) in [5, 5.41) is 0. The average molecular weight is 288 g/mol. The highest BCUT2D eigenvalue weighted by atomic mass is 32.2. The molecule has 0 unspecified atom stereocenters. The van der Waals surface area contributed by atoms with Gasteiger partial charge in [0.15, 0.2) is 0 Å². The molecule has 1 rings (SSSR count). The monoisotopic (exact) mass is 288 g/mol. The van der Waals surface area contributed by atoms with Crippen LogP contribution >= 0.6 is 0 Å². The Bertz CT molecular complexity index is 512. The second-order valence-corrected chi connectivity index (χ2v) is 5.45. The van der Waals surface area contributed by atoms with Gasteiger partial charge in [0.05, 0.1) is 18.9 Å². The second kappa shape index (κ2) is 7.22. The maximum Gasteiger partial charge on any atom is 0.245 e. The zero-order chi connectivity index (χ0) is 14.3. The van der Waals surface area contributed by atoms with Crippen LogP contribution in [0.5, 0.6) is 0 Å². The van der Waals surface area contributed by atoms with Crippen molar-refractivity contribution in [2.24, 2.45) is 0 Å². The number of benzene rings is 1. The molecule has 7 heteroatoms. The molecule has 0 heterocycles. The first kappa shape index (κ1) is 15.6. The predicted octanol–water partition coefficient (Wildman–Crippen LogP) is 1.28. The Balaban J connectivity index is 2.59. The third kappa shape index (κ3) is 4.62. The van der Waals surface area contributed by atoms with Crippen molar-refractivity contribution in [1.82, 2.24) is 4.72 Å². The highest BCUT2D eigenvalue weighted by Crippen LogP contribution is 2.20. The van der Waals surface area contributed by atoms with Crippen molar-refractivity contribution in [3.8, 4) is 0 Å². The van der Waals surface area contributed by atoms with E-state index in [9.17, 15) is 12.8 Å². The summed E-state index contributed by atoms with van der Waals surface area (Å²) in [5.74, 6) is -0.875. The number of anilines is 1. The van der Waals surface area contributed by atoms with Crippen molar-refractivity contribution >= 4 is 15.7 Å². The van der Waals surface area contributed by atoms with E-state index in [0.717, 1.165) is 6.07 Å². The third-order valence-electron chi connectivity index (χ3n) is 2.27. The maximum absolute atomic E-state index is 13.5. The van der Waals surface area contributed by atoms with Crippen LogP contribution in [0.1, 0.15) is 6.42 Å². The van der Waals surface area contributed by atoms with Gasteiger partial charge in [0, 0.05) is 6.54 Å². The van der Waals surface area contributed by atoms with Crippen molar-refractivity contribution < 1.29 is 17.5 Å². The van der Waals surface area contributed by atoms with Gasteiger partial charge in [-0.2, -0.15) is 0 Å². The number of hydrogen-bond acceptors (Lipinski definition) is 4. The molecule has 0 saturated heterocycles. The molecule has 3 N–H and O–H groups in total. The number of nitrogen functional groups attached to an aromatic ring is 1. The molecule has 106 valence electrons. The quantitative estimate of drug-likeness (QED) is 0.429. The summed E-state index contributed by atoms with van der Waals surface area (Å²) in [7, 11) is -3.96. The number of sulfonamides is 1. The van der Waals surface area contributed by atoms with Crippen molar-refractivity contribution in [3.63, 3.8) is 0 Å². The lowest BCUT2D eigenvalue weighted by Crippen LogP contribution is -2.29. The Kier molecular flexibility index (Phi) is 5.94. The first-order valence-corrected chi connectivity index (χ1v) is 7.19. The Morgan fingerprint density at radius 1 is 1.42 bits per heavy atom. The van der Waals surface area contributed by atoms with Crippen molar-refractivity contribution in [1.29, 1.82) is 0 Å². The van der Waals surface area contributed by atoms with Crippen LogP contribution in [0.2, 0.25) is 0 Å². The largest absolute Gasteiger partial charge is 0.398 e. The minimum absolute atomic E-state index is 0.0489. The molecule has 0 spiro atoms. The summed E-state index contributed by atoms with van der Waals surface area (Å²) in [4.78, 5) is -0.527. The number of nitrogens with one attached hydrogen (secondary N) is 1. The van der Waals surface area contributed by atoms with Gasteiger partial charge in [-0.3, -0.25) is 0 Å². The molecule has 0 amide bonds. The van der Waals surface area contributed by atoms with Gasteiger partial charge >= 0.3 is 0 Å². The smallest absolute Gasteiger partial charge is 0.245 e. The molecule has 0 aromatic heterocycles. The minimum atomic E-state index is -3.96. The Morgan fingerprint density at radius 2 is 2.16 bits per heavy atom. The van der Waals surface area contributed by atoms with Gasteiger partial charge in [0.1, 0.15) is 10.7 Å². The lowest BCUT2D eigenvalue weighted by molar-refractivity contribution is 0.144. The van der Waals surface area contributed by atoms with Crippen LogP contribution in [0.15, 0.2) is 35.7 Å². The highest BCUT2D eigenvalue weighted by Gasteiger charge is 2.21. The van der Waals surface area contributed by atoms with Crippen molar-refractivity contribution in [2.45, 2.75) is 11.3 Å². The third-order valence-corrected chi connectivity index (χ3v) is 3.82. The topological polar surface area (TPSA) is 81.4 Å². The van der Waals surface area contributed by atoms with Crippen molar-refractivity contribution in [2.75, 3.05) is 25.5 Å². The summed E-state index contributed by atoms with van der Waals surface area (Å²) >= 11 is 0. The predicted molar refractivity (Wildman–Crippen MR) is 71.6 cm³/mol. The zero-order valence-corrected chi connectivity index (χ0v) is 11.2. The number of hydrogen-bond donors (Lipinski definition) is 2. The molecule has 19 heavy (non-hydrogen) atoms. The van der Waals surface area contributed by atoms with Crippen LogP contribution in [0.3, 0.4) is 0 Å². The summed E-state index contributed by atoms with van der Waals surface area (Å²) in [6.07, 6.45) is 2.39. The Labute approximate surface area is 112 Å². The summed E-state index contributed by atoms with van der Waals surface area (Å²) in [5.41, 5.74) is 5.35.